The van der Waals surface area contributed by atoms with Gasteiger partial charge in [0.25, 0.3) is 0 Å². The second-order valence-electron chi connectivity index (χ2n) is 7.58. The SMILES string of the molecule is ClC(Cl)c1cccc(-c2cc(-c3cccc(C(Cl)Cl)c3)cc(-c3cccc(C(Cl)Cl)c3)c2)c1. The van der Waals surface area contributed by atoms with E-state index in [0.717, 1.165) is 50.1 Å². The molecular formula is C27H18Cl6. The van der Waals surface area contributed by atoms with E-state index in [1.807, 2.05) is 72.8 Å². The van der Waals surface area contributed by atoms with E-state index >= 15 is 0 Å². The van der Waals surface area contributed by atoms with E-state index < -0.39 is 14.5 Å². The summed E-state index contributed by atoms with van der Waals surface area (Å²) in [5.74, 6) is 0. The monoisotopic (exact) mass is 552 g/mol. The van der Waals surface area contributed by atoms with Crippen LogP contribution >= 0.6 is 69.6 Å². The van der Waals surface area contributed by atoms with Gasteiger partial charge in [0.15, 0.2) is 0 Å². The van der Waals surface area contributed by atoms with Gasteiger partial charge < -0.3 is 0 Å². The van der Waals surface area contributed by atoms with Crippen molar-refractivity contribution in [3.63, 3.8) is 0 Å². The highest BCUT2D eigenvalue weighted by Gasteiger charge is 2.12. The van der Waals surface area contributed by atoms with Crippen LogP contribution in [0.4, 0.5) is 0 Å². The second-order valence-corrected chi connectivity index (χ2v) is 10.9. The summed E-state index contributed by atoms with van der Waals surface area (Å²) in [7, 11) is 0. The van der Waals surface area contributed by atoms with E-state index in [2.05, 4.69) is 18.2 Å². The summed E-state index contributed by atoms with van der Waals surface area (Å²) in [5.41, 5.74) is 8.61. The summed E-state index contributed by atoms with van der Waals surface area (Å²) in [6, 6.07) is 30.1. The van der Waals surface area contributed by atoms with Crippen LogP contribution in [0.2, 0.25) is 0 Å². The van der Waals surface area contributed by atoms with Crippen LogP contribution in [-0.2, 0) is 0 Å². The maximum Gasteiger partial charge on any atom is 0.132 e. The minimum Gasteiger partial charge on any atom is -0.100 e. The van der Waals surface area contributed by atoms with Crippen LogP contribution in [0.15, 0.2) is 91.0 Å². The van der Waals surface area contributed by atoms with Crippen molar-refractivity contribution in [1.29, 1.82) is 0 Å². The zero-order valence-electron chi connectivity index (χ0n) is 17.2. The van der Waals surface area contributed by atoms with Crippen LogP contribution in [0, 0.1) is 0 Å². The van der Waals surface area contributed by atoms with Gasteiger partial charge in [0.2, 0.25) is 0 Å². The lowest BCUT2D eigenvalue weighted by Gasteiger charge is -2.14. The molecule has 6 heteroatoms. The number of alkyl halides is 6. The largest absolute Gasteiger partial charge is 0.132 e. The third-order valence-electron chi connectivity index (χ3n) is 5.35. The van der Waals surface area contributed by atoms with E-state index in [1.54, 1.807) is 0 Å². The van der Waals surface area contributed by atoms with Gasteiger partial charge >= 0.3 is 0 Å². The third kappa shape index (κ3) is 6.01. The van der Waals surface area contributed by atoms with Gasteiger partial charge in [-0.25, -0.2) is 0 Å². The lowest BCUT2D eigenvalue weighted by Crippen LogP contribution is -1.90. The second kappa shape index (κ2) is 10.9. The van der Waals surface area contributed by atoms with Crippen LogP contribution in [0.1, 0.15) is 31.2 Å². The fourth-order valence-electron chi connectivity index (χ4n) is 3.69. The summed E-state index contributed by atoms with van der Waals surface area (Å²) < 4.78 is 0. The van der Waals surface area contributed by atoms with Crippen LogP contribution in [0.3, 0.4) is 0 Å². The van der Waals surface area contributed by atoms with E-state index in [-0.39, 0.29) is 0 Å². The van der Waals surface area contributed by atoms with Gasteiger partial charge in [-0.05, 0) is 86.5 Å². The molecule has 168 valence electrons. The molecule has 0 aromatic heterocycles. The van der Waals surface area contributed by atoms with Crippen LogP contribution in [-0.4, -0.2) is 0 Å². The first kappa shape index (κ1) is 24.7. The fraction of sp³-hybridized carbons (Fsp3) is 0.111. The van der Waals surface area contributed by atoms with Crippen molar-refractivity contribution >= 4 is 69.6 Å². The fourth-order valence-corrected chi connectivity index (χ4v) is 4.50. The predicted octanol–water partition coefficient (Wildman–Crippen LogP) is 11.1. The van der Waals surface area contributed by atoms with Crippen molar-refractivity contribution < 1.29 is 0 Å². The molecule has 4 rings (SSSR count). The Bertz CT molecular complexity index is 1090. The Morgan fingerprint density at radius 2 is 0.606 bits per heavy atom. The number of rotatable bonds is 6. The van der Waals surface area contributed by atoms with E-state index in [4.69, 9.17) is 69.6 Å². The normalized spacial score (nSPS) is 11.5. The van der Waals surface area contributed by atoms with Crippen molar-refractivity contribution in [2.45, 2.75) is 14.5 Å². The highest BCUT2D eigenvalue weighted by atomic mass is 35.5. The molecule has 0 nitrogen and oxygen atoms in total. The minimum atomic E-state index is -0.602. The molecule has 0 saturated carbocycles. The molecule has 0 aliphatic carbocycles. The van der Waals surface area contributed by atoms with Crippen molar-refractivity contribution in [3.05, 3.63) is 108 Å². The number of benzene rings is 4. The topological polar surface area (TPSA) is 0 Å². The Kier molecular flexibility index (Phi) is 8.18. The summed E-state index contributed by atoms with van der Waals surface area (Å²) in [6.07, 6.45) is 0. The van der Waals surface area contributed by atoms with E-state index in [9.17, 15) is 0 Å². The molecule has 0 saturated heterocycles. The van der Waals surface area contributed by atoms with Gasteiger partial charge in [-0.3, -0.25) is 0 Å². The summed E-state index contributed by atoms with van der Waals surface area (Å²) in [6.45, 7) is 0. The maximum absolute atomic E-state index is 6.13. The smallest absolute Gasteiger partial charge is 0.100 e. The molecule has 33 heavy (non-hydrogen) atoms. The third-order valence-corrected chi connectivity index (χ3v) is 6.86. The molecule has 0 radical (unpaired) electrons. The van der Waals surface area contributed by atoms with Gasteiger partial charge in [-0.1, -0.05) is 54.6 Å². The van der Waals surface area contributed by atoms with Crippen molar-refractivity contribution in [2.75, 3.05) is 0 Å². The molecule has 4 aromatic rings. The van der Waals surface area contributed by atoms with Gasteiger partial charge in [-0.2, -0.15) is 0 Å². The van der Waals surface area contributed by atoms with Crippen LogP contribution in [0.25, 0.3) is 33.4 Å². The van der Waals surface area contributed by atoms with Crippen molar-refractivity contribution in [3.8, 4) is 33.4 Å². The molecular weight excluding hydrogens is 537 g/mol. The maximum atomic E-state index is 6.13. The Morgan fingerprint density at radius 1 is 0.333 bits per heavy atom. The highest BCUT2D eigenvalue weighted by molar-refractivity contribution is 6.44. The highest BCUT2D eigenvalue weighted by Crippen LogP contribution is 2.37. The van der Waals surface area contributed by atoms with Gasteiger partial charge in [-0.15, -0.1) is 69.6 Å². The Morgan fingerprint density at radius 3 is 0.848 bits per heavy atom. The molecule has 0 aliphatic heterocycles. The first-order valence-electron chi connectivity index (χ1n) is 10.1. The predicted molar refractivity (Wildman–Crippen MR) is 146 cm³/mol. The van der Waals surface area contributed by atoms with E-state index in [1.165, 1.54) is 0 Å². The Labute approximate surface area is 224 Å². The zero-order valence-corrected chi connectivity index (χ0v) is 21.7. The number of hydrogen-bond acceptors (Lipinski definition) is 0. The minimum absolute atomic E-state index is 0.602. The summed E-state index contributed by atoms with van der Waals surface area (Å²) in [4.78, 5) is -1.81. The summed E-state index contributed by atoms with van der Waals surface area (Å²) >= 11 is 36.8. The molecule has 0 aliphatic rings. The molecule has 0 unspecified atom stereocenters. The molecule has 0 heterocycles. The molecule has 0 atom stereocenters. The van der Waals surface area contributed by atoms with Gasteiger partial charge in [0, 0.05) is 0 Å². The standard InChI is InChI=1S/C27H18Cl6/c28-25(29)19-7-1-4-16(10-19)22-13-23(17-5-2-8-20(11-17)26(30)31)15-24(14-22)18-6-3-9-21(12-18)27(32)33/h1-15,25-27H. The average molecular weight is 555 g/mol. The first-order chi connectivity index (χ1) is 15.8. The molecule has 0 fully saturated rings. The number of halogens is 6. The molecule has 4 aromatic carbocycles. The lowest BCUT2D eigenvalue weighted by atomic mass is 9.92. The zero-order chi connectivity index (χ0) is 23.5. The van der Waals surface area contributed by atoms with Crippen LogP contribution in [0.5, 0.6) is 0 Å². The van der Waals surface area contributed by atoms with Crippen LogP contribution < -0.4 is 0 Å². The van der Waals surface area contributed by atoms with Crippen molar-refractivity contribution in [2.24, 2.45) is 0 Å². The Balaban J connectivity index is 1.91. The van der Waals surface area contributed by atoms with Gasteiger partial charge in [0.05, 0.1) is 0 Å². The number of hydrogen-bond donors (Lipinski definition) is 0. The van der Waals surface area contributed by atoms with Crippen molar-refractivity contribution in [1.82, 2.24) is 0 Å². The first-order valence-corrected chi connectivity index (χ1v) is 12.7. The molecule has 0 N–H and O–H groups in total. The summed E-state index contributed by atoms with van der Waals surface area (Å²) in [5, 5.41) is 0. The van der Waals surface area contributed by atoms with Gasteiger partial charge in [0.1, 0.15) is 14.5 Å². The average Bonchev–Trinajstić information content (AvgIpc) is 2.84. The molecule has 0 amide bonds. The quantitative estimate of drug-likeness (QED) is 0.208. The molecule has 0 spiro atoms. The molecule has 0 bridgehead atoms. The lowest BCUT2D eigenvalue weighted by molar-refractivity contribution is 1.34. The Hall–Kier alpha value is -1.38. The van der Waals surface area contributed by atoms with E-state index in [0.29, 0.717) is 0 Å².